The van der Waals surface area contributed by atoms with Crippen molar-refractivity contribution in [3.05, 3.63) is 47.6 Å². The lowest BCUT2D eigenvalue weighted by Crippen LogP contribution is -2.19. The quantitative estimate of drug-likeness (QED) is 0.734. The van der Waals surface area contributed by atoms with Gasteiger partial charge in [0.1, 0.15) is 0 Å². The molecule has 2 aliphatic carbocycles. The molecule has 2 rings (SSSR count). The highest BCUT2D eigenvalue weighted by Crippen LogP contribution is 2.28. The molecule has 4 unspecified atom stereocenters. The van der Waals surface area contributed by atoms with E-state index in [2.05, 4.69) is 25.3 Å². The minimum absolute atomic E-state index is 0.231. The van der Waals surface area contributed by atoms with Crippen LogP contribution in [-0.2, 0) is 0 Å². The Morgan fingerprint density at radius 3 is 1.41 bits per heavy atom. The maximum absolute atomic E-state index is 9.49. The van der Waals surface area contributed by atoms with E-state index in [1.807, 2.05) is 27.7 Å². The first kappa shape index (κ1) is 18.9. The average molecular weight is 304 g/mol. The largest absolute Gasteiger partial charge is 0.389 e. The molecule has 0 heterocycles. The van der Waals surface area contributed by atoms with Crippen LogP contribution in [0.5, 0.6) is 0 Å². The molecule has 2 aliphatic rings. The highest BCUT2D eigenvalue weighted by molar-refractivity contribution is 5.15. The van der Waals surface area contributed by atoms with E-state index in [1.165, 1.54) is 11.1 Å². The zero-order chi connectivity index (χ0) is 16.9. The fourth-order valence-corrected chi connectivity index (χ4v) is 2.84. The summed E-state index contributed by atoms with van der Waals surface area (Å²) in [5, 5.41) is 19.0. The minimum atomic E-state index is -0.231. The summed E-state index contributed by atoms with van der Waals surface area (Å²) >= 11 is 0. The molecule has 0 aromatic rings. The predicted molar refractivity (Wildman–Crippen MR) is 94.6 cm³/mol. The summed E-state index contributed by atoms with van der Waals surface area (Å²) in [6.07, 6.45) is 7.60. The number of allylic oxidation sites excluding steroid dienone is 4. The van der Waals surface area contributed by atoms with Crippen LogP contribution in [0.15, 0.2) is 47.6 Å². The average Bonchev–Trinajstić information content (AvgIpc) is 2.45. The van der Waals surface area contributed by atoms with Crippen LogP contribution < -0.4 is 0 Å². The highest BCUT2D eigenvalue weighted by atomic mass is 16.3. The third-order valence-electron chi connectivity index (χ3n) is 4.91. The third-order valence-corrected chi connectivity index (χ3v) is 4.91. The Morgan fingerprint density at radius 2 is 1.18 bits per heavy atom. The van der Waals surface area contributed by atoms with Crippen LogP contribution >= 0.6 is 0 Å². The van der Waals surface area contributed by atoms with Crippen LogP contribution in [0.2, 0.25) is 0 Å². The topological polar surface area (TPSA) is 40.5 Å². The van der Waals surface area contributed by atoms with Crippen molar-refractivity contribution in [2.75, 3.05) is 0 Å². The lowest BCUT2D eigenvalue weighted by molar-refractivity contribution is 0.174. The summed E-state index contributed by atoms with van der Waals surface area (Å²) < 4.78 is 0. The number of hydrogen-bond acceptors (Lipinski definition) is 2. The lowest BCUT2D eigenvalue weighted by atomic mass is 9.84. The van der Waals surface area contributed by atoms with Gasteiger partial charge in [0, 0.05) is 0 Å². The number of aliphatic hydroxyl groups excluding tert-OH is 2. The van der Waals surface area contributed by atoms with Gasteiger partial charge in [-0.1, -0.05) is 36.5 Å². The Bertz CT molecular complexity index is 426. The summed E-state index contributed by atoms with van der Waals surface area (Å²) in [5.74, 6) is 0.988. The Labute approximate surface area is 135 Å². The monoisotopic (exact) mass is 304 g/mol. The van der Waals surface area contributed by atoms with Crippen LogP contribution in [0.4, 0.5) is 0 Å². The second-order valence-corrected chi connectivity index (χ2v) is 6.96. The normalized spacial score (nSPS) is 31.4. The van der Waals surface area contributed by atoms with Crippen LogP contribution in [0, 0.1) is 11.8 Å². The smallest absolute Gasteiger partial charge is 0.0753 e. The maximum atomic E-state index is 9.49. The molecule has 0 spiro atoms. The lowest BCUT2D eigenvalue weighted by Gasteiger charge is -2.24. The van der Waals surface area contributed by atoms with Crippen molar-refractivity contribution in [2.24, 2.45) is 11.8 Å². The Balaban J connectivity index is 0.000000220. The fourth-order valence-electron chi connectivity index (χ4n) is 2.84. The zero-order valence-electron chi connectivity index (χ0n) is 14.6. The van der Waals surface area contributed by atoms with E-state index in [9.17, 15) is 10.2 Å². The van der Waals surface area contributed by atoms with Gasteiger partial charge >= 0.3 is 0 Å². The molecule has 0 aromatic carbocycles. The summed E-state index contributed by atoms with van der Waals surface area (Å²) in [6, 6.07) is 0. The molecule has 4 atom stereocenters. The highest BCUT2D eigenvalue weighted by Gasteiger charge is 2.20. The third kappa shape index (κ3) is 5.58. The van der Waals surface area contributed by atoms with Gasteiger partial charge in [0.25, 0.3) is 0 Å². The Kier molecular flexibility index (Phi) is 7.31. The Hall–Kier alpha value is -1.12. The molecule has 2 heteroatoms. The maximum Gasteiger partial charge on any atom is 0.0753 e. The van der Waals surface area contributed by atoms with Crippen LogP contribution in [-0.4, -0.2) is 22.4 Å². The molecule has 124 valence electrons. The number of rotatable bonds is 2. The van der Waals surface area contributed by atoms with Crippen LogP contribution in [0.3, 0.4) is 0 Å². The molecule has 0 fully saturated rings. The molecular weight excluding hydrogens is 272 g/mol. The van der Waals surface area contributed by atoms with Crippen molar-refractivity contribution in [3.8, 4) is 0 Å². The van der Waals surface area contributed by atoms with E-state index in [1.54, 1.807) is 0 Å². The minimum Gasteiger partial charge on any atom is -0.389 e. The van der Waals surface area contributed by atoms with Crippen LogP contribution in [0.1, 0.15) is 53.4 Å². The van der Waals surface area contributed by atoms with E-state index < -0.39 is 0 Å². The van der Waals surface area contributed by atoms with Gasteiger partial charge < -0.3 is 10.2 Å². The molecule has 0 radical (unpaired) electrons. The molecule has 0 amide bonds. The standard InChI is InChI=1S/2C10H16O/c2*1-7(2)9-5-4-8(3)10(11)6-9/h2*4,9-11H,1,5-6H2,2-3H3. The fraction of sp³-hybridized carbons (Fsp3) is 0.600. The van der Waals surface area contributed by atoms with Gasteiger partial charge in [0.15, 0.2) is 0 Å². The van der Waals surface area contributed by atoms with Gasteiger partial charge in [0.05, 0.1) is 12.2 Å². The Morgan fingerprint density at radius 1 is 0.864 bits per heavy atom. The van der Waals surface area contributed by atoms with Crippen molar-refractivity contribution in [1.29, 1.82) is 0 Å². The van der Waals surface area contributed by atoms with E-state index >= 15 is 0 Å². The van der Waals surface area contributed by atoms with Gasteiger partial charge in [-0.05, 0) is 76.4 Å². The van der Waals surface area contributed by atoms with Gasteiger partial charge in [-0.15, -0.1) is 0 Å². The van der Waals surface area contributed by atoms with Gasteiger partial charge in [-0.3, -0.25) is 0 Å². The van der Waals surface area contributed by atoms with E-state index in [0.717, 1.165) is 36.8 Å². The summed E-state index contributed by atoms with van der Waals surface area (Å²) in [4.78, 5) is 0. The summed E-state index contributed by atoms with van der Waals surface area (Å²) in [7, 11) is 0. The summed E-state index contributed by atoms with van der Waals surface area (Å²) in [5.41, 5.74) is 4.60. The molecular formula is C20H32O2. The SMILES string of the molecule is C=C(C)C1CC=C(C)C(O)C1.C=C(C)C1CC=C(C)C(O)C1. The van der Waals surface area contributed by atoms with Crippen molar-refractivity contribution in [1.82, 2.24) is 0 Å². The molecule has 0 aliphatic heterocycles. The van der Waals surface area contributed by atoms with Crippen molar-refractivity contribution in [3.63, 3.8) is 0 Å². The second kappa shape index (κ2) is 8.50. The van der Waals surface area contributed by atoms with Crippen molar-refractivity contribution >= 4 is 0 Å². The molecule has 22 heavy (non-hydrogen) atoms. The van der Waals surface area contributed by atoms with E-state index in [4.69, 9.17) is 0 Å². The van der Waals surface area contributed by atoms with Gasteiger partial charge in [-0.25, -0.2) is 0 Å². The molecule has 2 N–H and O–H groups in total. The van der Waals surface area contributed by atoms with Crippen molar-refractivity contribution < 1.29 is 10.2 Å². The predicted octanol–water partition coefficient (Wildman–Crippen LogP) is 4.56. The number of aliphatic hydroxyl groups is 2. The first-order valence-corrected chi connectivity index (χ1v) is 8.22. The first-order chi connectivity index (χ1) is 10.2. The molecule has 2 nitrogen and oxygen atoms in total. The second-order valence-electron chi connectivity index (χ2n) is 6.96. The molecule has 0 bridgehead atoms. The van der Waals surface area contributed by atoms with E-state index in [0.29, 0.717) is 11.8 Å². The van der Waals surface area contributed by atoms with Gasteiger partial charge in [-0.2, -0.15) is 0 Å². The zero-order valence-corrected chi connectivity index (χ0v) is 14.6. The number of hydrogen-bond donors (Lipinski definition) is 2. The van der Waals surface area contributed by atoms with Gasteiger partial charge in [0.2, 0.25) is 0 Å². The summed E-state index contributed by atoms with van der Waals surface area (Å²) in [6.45, 7) is 15.8. The van der Waals surface area contributed by atoms with Crippen molar-refractivity contribution in [2.45, 2.75) is 65.6 Å². The van der Waals surface area contributed by atoms with Crippen LogP contribution in [0.25, 0.3) is 0 Å². The molecule has 0 saturated heterocycles. The van der Waals surface area contributed by atoms with E-state index in [-0.39, 0.29) is 12.2 Å². The molecule has 0 saturated carbocycles. The molecule has 0 aromatic heterocycles. The first-order valence-electron chi connectivity index (χ1n) is 8.22.